The van der Waals surface area contributed by atoms with Gasteiger partial charge in [0.05, 0.1) is 5.69 Å². The van der Waals surface area contributed by atoms with Gasteiger partial charge in [-0.15, -0.1) is 11.3 Å². The van der Waals surface area contributed by atoms with Crippen LogP contribution in [0.15, 0.2) is 0 Å². The fraction of sp³-hybridized carbons (Fsp3) is 0.750. The Morgan fingerprint density at radius 3 is 2.75 bits per heavy atom. The molecule has 0 radical (unpaired) electrons. The smallest absolute Gasteiger partial charge is 0.185 e. The van der Waals surface area contributed by atoms with E-state index in [1.54, 1.807) is 0 Å². The summed E-state index contributed by atoms with van der Waals surface area (Å²) in [5.74, 6) is 0. The van der Waals surface area contributed by atoms with Gasteiger partial charge in [-0.2, -0.15) is 0 Å². The molecule has 1 aromatic rings. The molecular formula is C12H21N3S. The van der Waals surface area contributed by atoms with Crippen LogP contribution < -0.4 is 10.2 Å². The van der Waals surface area contributed by atoms with Gasteiger partial charge in [-0.1, -0.05) is 6.92 Å². The Bertz CT molecular complexity index is 329. The van der Waals surface area contributed by atoms with Crippen molar-refractivity contribution in [1.82, 2.24) is 10.3 Å². The fourth-order valence-electron chi connectivity index (χ4n) is 2.04. The first-order valence-corrected chi connectivity index (χ1v) is 7.05. The molecule has 16 heavy (non-hydrogen) atoms. The number of aromatic nitrogens is 1. The third kappa shape index (κ3) is 2.74. The second-order valence-electron chi connectivity index (χ2n) is 4.33. The number of aryl methyl sites for hydroxylation is 1. The number of piperidine rings is 1. The van der Waals surface area contributed by atoms with E-state index in [1.165, 1.54) is 48.1 Å². The van der Waals surface area contributed by atoms with Crippen LogP contribution in [0.1, 0.15) is 36.8 Å². The lowest BCUT2D eigenvalue weighted by molar-refractivity contribution is 0.576. The van der Waals surface area contributed by atoms with Crippen LogP contribution in [0.4, 0.5) is 5.13 Å². The molecule has 0 atom stereocenters. The summed E-state index contributed by atoms with van der Waals surface area (Å²) in [6.45, 7) is 8.63. The van der Waals surface area contributed by atoms with Crippen LogP contribution >= 0.6 is 11.3 Å². The van der Waals surface area contributed by atoms with Crippen LogP contribution in [0.3, 0.4) is 0 Å². The van der Waals surface area contributed by atoms with Crippen molar-refractivity contribution in [3.05, 3.63) is 10.6 Å². The Labute approximate surface area is 102 Å². The minimum atomic E-state index is 0.966. The van der Waals surface area contributed by atoms with Gasteiger partial charge in [0.2, 0.25) is 0 Å². The molecule has 4 heteroatoms. The summed E-state index contributed by atoms with van der Waals surface area (Å²) in [5, 5.41) is 4.60. The third-order valence-corrected chi connectivity index (χ3v) is 4.26. The Kier molecular flexibility index (Phi) is 4.18. The molecule has 2 heterocycles. The summed E-state index contributed by atoms with van der Waals surface area (Å²) >= 11 is 1.86. The molecule has 1 fully saturated rings. The van der Waals surface area contributed by atoms with Crippen molar-refractivity contribution in [3.8, 4) is 0 Å². The molecule has 1 aliphatic heterocycles. The van der Waals surface area contributed by atoms with Gasteiger partial charge in [0.25, 0.3) is 0 Å². The van der Waals surface area contributed by atoms with Gasteiger partial charge in [-0.25, -0.2) is 4.98 Å². The van der Waals surface area contributed by atoms with Crippen molar-refractivity contribution in [2.45, 2.75) is 39.7 Å². The normalized spacial score (nSPS) is 16.8. The molecule has 0 spiro atoms. The van der Waals surface area contributed by atoms with Gasteiger partial charge in [0, 0.05) is 24.5 Å². The maximum atomic E-state index is 4.69. The number of hydrogen-bond donors (Lipinski definition) is 1. The highest BCUT2D eigenvalue weighted by Gasteiger charge is 2.16. The molecular weight excluding hydrogens is 218 g/mol. The second kappa shape index (κ2) is 5.64. The average Bonchev–Trinajstić information content (AvgIpc) is 2.69. The number of anilines is 1. The predicted molar refractivity (Wildman–Crippen MR) is 70.3 cm³/mol. The van der Waals surface area contributed by atoms with Gasteiger partial charge in [0.1, 0.15) is 0 Å². The number of nitrogens with zero attached hydrogens (tertiary/aromatic N) is 2. The maximum Gasteiger partial charge on any atom is 0.185 e. The van der Waals surface area contributed by atoms with Gasteiger partial charge >= 0.3 is 0 Å². The van der Waals surface area contributed by atoms with Crippen LogP contribution in [0.2, 0.25) is 0 Å². The minimum Gasteiger partial charge on any atom is -0.348 e. The molecule has 1 N–H and O–H groups in total. The lowest BCUT2D eigenvalue weighted by atomic mass is 10.1. The first kappa shape index (κ1) is 11.9. The van der Waals surface area contributed by atoms with Gasteiger partial charge in [-0.3, -0.25) is 0 Å². The lowest BCUT2D eigenvalue weighted by Gasteiger charge is -2.25. The number of nitrogens with one attached hydrogen (secondary N) is 1. The van der Waals surface area contributed by atoms with E-state index in [0.717, 1.165) is 13.1 Å². The van der Waals surface area contributed by atoms with E-state index in [9.17, 15) is 0 Å². The van der Waals surface area contributed by atoms with Crippen molar-refractivity contribution in [3.63, 3.8) is 0 Å². The zero-order valence-electron chi connectivity index (χ0n) is 10.3. The number of rotatable bonds is 4. The monoisotopic (exact) mass is 239 g/mol. The Hall–Kier alpha value is -0.610. The zero-order chi connectivity index (χ0) is 11.4. The van der Waals surface area contributed by atoms with Crippen molar-refractivity contribution in [2.75, 3.05) is 24.5 Å². The van der Waals surface area contributed by atoms with Gasteiger partial charge in [-0.05, 0) is 32.7 Å². The summed E-state index contributed by atoms with van der Waals surface area (Å²) in [5.41, 5.74) is 1.20. The Morgan fingerprint density at radius 1 is 1.31 bits per heavy atom. The molecule has 1 aromatic heterocycles. The highest BCUT2D eigenvalue weighted by Crippen LogP contribution is 2.28. The molecule has 1 aliphatic rings. The van der Waals surface area contributed by atoms with Crippen LogP contribution in [0.5, 0.6) is 0 Å². The molecule has 0 bridgehead atoms. The molecule has 0 amide bonds. The topological polar surface area (TPSA) is 28.2 Å². The summed E-state index contributed by atoms with van der Waals surface area (Å²) < 4.78 is 0. The number of hydrogen-bond acceptors (Lipinski definition) is 4. The van der Waals surface area contributed by atoms with E-state index < -0.39 is 0 Å². The van der Waals surface area contributed by atoms with Crippen LogP contribution in [0.25, 0.3) is 0 Å². The van der Waals surface area contributed by atoms with Gasteiger partial charge < -0.3 is 10.2 Å². The maximum absolute atomic E-state index is 4.69. The molecule has 0 unspecified atom stereocenters. The molecule has 90 valence electrons. The van der Waals surface area contributed by atoms with Crippen LogP contribution in [-0.2, 0) is 6.54 Å². The quantitative estimate of drug-likeness (QED) is 0.875. The first-order chi connectivity index (χ1) is 7.81. The highest BCUT2D eigenvalue weighted by atomic mass is 32.1. The second-order valence-corrected chi connectivity index (χ2v) is 5.40. The minimum absolute atomic E-state index is 0.966. The van der Waals surface area contributed by atoms with E-state index >= 15 is 0 Å². The van der Waals surface area contributed by atoms with Gasteiger partial charge in [0.15, 0.2) is 5.13 Å². The summed E-state index contributed by atoms with van der Waals surface area (Å²) in [6.07, 6.45) is 4.02. The van der Waals surface area contributed by atoms with Crippen LogP contribution in [0, 0.1) is 6.92 Å². The summed E-state index contributed by atoms with van der Waals surface area (Å²) in [6, 6.07) is 0. The molecule has 1 saturated heterocycles. The number of thiazole rings is 1. The zero-order valence-corrected chi connectivity index (χ0v) is 11.1. The van der Waals surface area contributed by atoms with Crippen molar-refractivity contribution in [2.24, 2.45) is 0 Å². The molecule has 2 rings (SSSR count). The van der Waals surface area contributed by atoms with E-state index in [4.69, 9.17) is 4.98 Å². The first-order valence-electron chi connectivity index (χ1n) is 6.23. The molecule has 0 aromatic carbocycles. The Morgan fingerprint density at radius 2 is 2.06 bits per heavy atom. The molecule has 3 nitrogen and oxygen atoms in total. The summed E-state index contributed by atoms with van der Waals surface area (Å²) in [4.78, 5) is 8.52. The third-order valence-electron chi connectivity index (χ3n) is 3.04. The van der Waals surface area contributed by atoms with E-state index in [-0.39, 0.29) is 0 Å². The molecule has 0 saturated carbocycles. The molecule has 0 aliphatic carbocycles. The predicted octanol–water partition coefficient (Wildman–Crippen LogP) is 2.55. The van der Waals surface area contributed by atoms with Crippen LogP contribution in [-0.4, -0.2) is 24.6 Å². The standard InChI is InChI=1S/C12H21N3S/c1-3-13-9-11-10(2)14-12(16-11)15-7-5-4-6-8-15/h13H,3-9H2,1-2H3. The van der Waals surface area contributed by atoms with Crippen molar-refractivity contribution < 1.29 is 0 Å². The summed E-state index contributed by atoms with van der Waals surface area (Å²) in [7, 11) is 0. The van der Waals surface area contributed by atoms with Crippen molar-refractivity contribution in [1.29, 1.82) is 0 Å². The van der Waals surface area contributed by atoms with E-state index in [1.807, 2.05) is 11.3 Å². The van der Waals surface area contributed by atoms with E-state index in [0.29, 0.717) is 0 Å². The SMILES string of the molecule is CCNCc1sc(N2CCCCC2)nc1C. The van der Waals surface area contributed by atoms with E-state index in [2.05, 4.69) is 24.1 Å². The highest BCUT2D eigenvalue weighted by molar-refractivity contribution is 7.15. The van der Waals surface area contributed by atoms with Crippen molar-refractivity contribution >= 4 is 16.5 Å². The lowest BCUT2D eigenvalue weighted by Crippen LogP contribution is -2.29. The largest absolute Gasteiger partial charge is 0.348 e. The Balaban J connectivity index is 2.03. The average molecular weight is 239 g/mol. The fourth-order valence-corrected chi connectivity index (χ4v) is 3.12.